The second-order valence-corrected chi connectivity index (χ2v) is 4.74. The summed E-state index contributed by atoms with van der Waals surface area (Å²) in [6, 6.07) is 11.2. The highest BCUT2D eigenvalue weighted by molar-refractivity contribution is 5.15. The topological polar surface area (TPSA) is 21.3 Å². The molecule has 1 aromatic carbocycles. The summed E-state index contributed by atoms with van der Waals surface area (Å²) in [5.41, 5.74) is 1.41. The predicted molar refractivity (Wildman–Crippen MR) is 73.3 cm³/mol. The van der Waals surface area contributed by atoms with Crippen LogP contribution in [0.4, 0.5) is 0 Å². The highest BCUT2D eigenvalue weighted by atomic mass is 16.5. The summed E-state index contributed by atoms with van der Waals surface area (Å²) < 4.78 is 5.21. The third-order valence-corrected chi connectivity index (χ3v) is 2.96. The third kappa shape index (κ3) is 5.85. The summed E-state index contributed by atoms with van der Waals surface area (Å²) in [4.78, 5) is 0. The molecule has 0 aliphatic carbocycles. The first kappa shape index (κ1) is 14.2. The van der Waals surface area contributed by atoms with Gasteiger partial charge in [-0.05, 0) is 30.9 Å². The van der Waals surface area contributed by atoms with Crippen LogP contribution >= 0.6 is 0 Å². The van der Waals surface area contributed by atoms with Crippen LogP contribution in [0.25, 0.3) is 0 Å². The molecule has 1 N–H and O–H groups in total. The number of hydrogen-bond donors (Lipinski definition) is 1. The summed E-state index contributed by atoms with van der Waals surface area (Å²) in [5, 5.41) is 3.56. The Kier molecular flexibility index (Phi) is 6.90. The molecule has 0 spiro atoms. The first-order valence-corrected chi connectivity index (χ1v) is 6.52. The van der Waals surface area contributed by atoms with Crippen LogP contribution in [0.1, 0.15) is 25.8 Å². The zero-order valence-electron chi connectivity index (χ0n) is 11.3. The highest BCUT2D eigenvalue weighted by Gasteiger charge is 2.12. The van der Waals surface area contributed by atoms with E-state index in [4.69, 9.17) is 4.74 Å². The molecule has 0 fully saturated rings. The maximum atomic E-state index is 5.21. The van der Waals surface area contributed by atoms with Crippen LogP contribution in [0.5, 0.6) is 0 Å². The Bertz CT molecular complexity index is 286. The van der Waals surface area contributed by atoms with Gasteiger partial charge in [0.2, 0.25) is 0 Å². The van der Waals surface area contributed by atoms with Gasteiger partial charge in [-0.15, -0.1) is 0 Å². The quantitative estimate of drug-likeness (QED) is 0.748. The fourth-order valence-electron chi connectivity index (χ4n) is 2.26. The second kappa shape index (κ2) is 8.26. The fourth-order valence-corrected chi connectivity index (χ4v) is 2.26. The van der Waals surface area contributed by atoms with Crippen LogP contribution < -0.4 is 5.32 Å². The molecule has 0 amide bonds. The smallest absolute Gasteiger partial charge is 0.0488 e. The minimum atomic E-state index is 0.549. The molecule has 0 aliphatic rings. The minimum Gasteiger partial charge on any atom is -0.384 e. The van der Waals surface area contributed by atoms with Gasteiger partial charge in [0.25, 0.3) is 0 Å². The molecular formula is C15H25NO. The van der Waals surface area contributed by atoms with E-state index in [2.05, 4.69) is 49.5 Å². The van der Waals surface area contributed by atoms with Crippen molar-refractivity contribution < 1.29 is 4.74 Å². The van der Waals surface area contributed by atoms with Gasteiger partial charge in [-0.25, -0.2) is 0 Å². The molecule has 0 bridgehead atoms. The lowest BCUT2D eigenvalue weighted by atomic mass is 9.96. The van der Waals surface area contributed by atoms with Gasteiger partial charge in [-0.3, -0.25) is 0 Å². The van der Waals surface area contributed by atoms with Gasteiger partial charge in [0.15, 0.2) is 0 Å². The van der Waals surface area contributed by atoms with E-state index in [1.165, 1.54) is 5.56 Å². The van der Waals surface area contributed by atoms with Crippen molar-refractivity contribution in [1.82, 2.24) is 5.32 Å². The van der Waals surface area contributed by atoms with Gasteiger partial charge in [0, 0.05) is 19.8 Å². The molecule has 2 nitrogen and oxygen atoms in total. The van der Waals surface area contributed by atoms with E-state index >= 15 is 0 Å². The first-order valence-electron chi connectivity index (χ1n) is 6.52. The number of methoxy groups -OCH3 is 1. The van der Waals surface area contributed by atoms with Crippen molar-refractivity contribution in [2.75, 3.05) is 20.3 Å². The molecule has 0 saturated carbocycles. The molecule has 2 atom stereocenters. The largest absolute Gasteiger partial charge is 0.384 e. The summed E-state index contributed by atoms with van der Waals surface area (Å²) in [5.74, 6) is 0.604. The van der Waals surface area contributed by atoms with E-state index < -0.39 is 0 Å². The zero-order valence-corrected chi connectivity index (χ0v) is 11.3. The van der Waals surface area contributed by atoms with Crippen molar-refractivity contribution in [2.45, 2.75) is 32.7 Å². The Morgan fingerprint density at radius 3 is 2.53 bits per heavy atom. The van der Waals surface area contributed by atoms with E-state index in [0.29, 0.717) is 12.0 Å². The molecule has 17 heavy (non-hydrogen) atoms. The zero-order chi connectivity index (χ0) is 12.5. The van der Waals surface area contributed by atoms with E-state index in [9.17, 15) is 0 Å². The maximum absolute atomic E-state index is 5.21. The molecule has 0 saturated heterocycles. The maximum Gasteiger partial charge on any atom is 0.0488 e. The van der Waals surface area contributed by atoms with E-state index in [0.717, 1.165) is 26.0 Å². The lowest BCUT2D eigenvalue weighted by Crippen LogP contribution is -2.33. The SMILES string of the molecule is CCNC(Cc1ccccc1)CC(C)COC. The van der Waals surface area contributed by atoms with E-state index in [1.807, 2.05) is 0 Å². The number of rotatable bonds is 8. The van der Waals surface area contributed by atoms with Crippen LogP contribution in [-0.4, -0.2) is 26.3 Å². The number of benzene rings is 1. The Morgan fingerprint density at radius 1 is 1.24 bits per heavy atom. The number of hydrogen-bond acceptors (Lipinski definition) is 2. The molecule has 0 aliphatic heterocycles. The average molecular weight is 235 g/mol. The molecule has 0 heterocycles. The van der Waals surface area contributed by atoms with Gasteiger partial charge in [0.05, 0.1) is 0 Å². The molecule has 2 unspecified atom stereocenters. The van der Waals surface area contributed by atoms with Gasteiger partial charge in [-0.2, -0.15) is 0 Å². The van der Waals surface area contributed by atoms with Crippen LogP contribution in [-0.2, 0) is 11.2 Å². The van der Waals surface area contributed by atoms with Crippen molar-refractivity contribution in [2.24, 2.45) is 5.92 Å². The molecular weight excluding hydrogens is 210 g/mol. The molecule has 96 valence electrons. The Morgan fingerprint density at radius 2 is 1.94 bits per heavy atom. The molecule has 1 rings (SSSR count). The van der Waals surface area contributed by atoms with Crippen LogP contribution in [0.2, 0.25) is 0 Å². The van der Waals surface area contributed by atoms with Crippen molar-refractivity contribution in [3.63, 3.8) is 0 Å². The van der Waals surface area contributed by atoms with Crippen molar-refractivity contribution >= 4 is 0 Å². The molecule has 2 heteroatoms. The Balaban J connectivity index is 2.48. The van der Waals surface area contributed by atoms with Gasteiger partial charge >= 0.3 is 0 Å². The lowest BCUT2D eigenvalue weighted by molar-refractivity contribution is 0.149. The summed E-state index contributed by atoms with van der Waals surface area (Å²) in [6.07, 6.45) is 2.26. The molecule has 1 aromatic rings. The van der Waals surface area contributed by atoms with Crippen LogP contribution in [0, 0.1) is 5.92 Å². The van der Waals surface area contributed by atoms with Crippen molar-refractivity contribution in [3.8, 4) is 0 Å². The van der Waals surface area contributed by atoms with Crippen LogP contribution in [0.15, 0.2) is 30.3 Å². The number of likely N-dealkylation sites (N-methyl/N-ethyl adjacent to an activating group) is 1. The Labute approximate surface area is 105 Å². The summed E-state index contributed by atoms with van der Waals surface area (Å²) in [6.45, 7) is 6.28. The molecule has 0 aromatic heterocycles. The summed E-state index contributed by atoms with van der Waals surface area (Å²) in [7, 11) is 1.77. The minimum absolute atomic E-state index is 0.549. The van der Waals surface area contributed by atoms with Crippen molar-refractivity contribution in [1.29, 1.82) is 0 Å². The van der Waals surface area contributed by atoms with Crippen LogP contribution in [0.3, 0.4) is 0 Å². The standard InChI is InChI=1S/C15H25NO/c1-4-16-15(10-13(2)12-17-3)11-14-8-6-5-7-9-14/h5-9,13,15-16H,4,10-12H2,1-3H3. The van der Waals surface area contributed by atoms with E-state index in [-0.39, 0.29) is 0 Å². The average Bonchev–Trinajstić information content (AvgIpc) is 2.31. The van der Waals surface area contributed by atoms with E-state index in [1.54, 1.807) is 7.11 Å². The van der Waals surface area contributed by atoms with Gasteiger partial charge in [-0.1, -0.05) is 44.2 Å². The van der Waals surface area contributed by atoms with Gasteiger partial charge < -0.3 is 10.1 Å². The third-order valence-electron chi connectivity index (χ3n) is 2.96. The predicted octanol–water partition coefficient (Wildman–Crippen LogP) is 2.88. The summed E-state index contributed by atoms with van der Waals surface area (Å²) >= 11 is 0. The second-order valence-electron chi connectivity index (χ2n) is 4.74. The van der Waals surface area contributed by atoms with Gasteiger partial charge in [0.1, 0.15) is 0 Å². The normalized spacial score (nSPS) is 14.5. The molecule has 0 radical (unpaired) electrons. The number of nitrogens with one attached hydrogen (secondary N) is 1. The Hall–Kier alpha value is -0.860. The monoisotopic (exact) mass is 235 g/mol. The van der Waals surface area contributed by atoms with Crippen molar-refractivity contribution in [3.05, 3.63) is 35.9 Å². The fraction of sp³-hybridized carbons (Fsp3) is 0.600. The first-order chi connectivity index (χ1) is 8.26. The highest BCUT2D eigenvalue weighted by Crippen LogP contribution is 2.11. The number of ether oxygens (including phenoxy) is 1. The lowest BCUT2D eigenvalue weighted by Gasteiger charge is -2.21.